The first-order valence-corrected chi connectivity index (χ1v) is 11.3. The third kappa shape index (κ3) is 3.82. The van der Waals surface area contributed by atoms with Crippen molar-refractivity contribution in [3.8, 4) is 5.75 Å². The van der Waals surface area contributed by atoms with Crippen LogP contribution in [0.4, 0.5) is 16.0 Å². The number of benzene rings is 1. The van der Waals surface area contributed by atoms with E-state index in [4.69, 9.17) is 20.2 Å². The van der Waals surface area contributed by atoms with E-state index < -0.39 is 12.4 Å². The normalized spacial score (nSPS) is 23.1. The van der Waals surface area contributed by atoms with Crippen LogP contribution in [0.3, 0.4) is 0 Å². The fourth-order valence-electron chi connectivity index (χ4n) is 4.47. The molecule has 4 aromatic rings. The number of ether oxygens (including phenoxy) is 2. The van der Waals surface area contributed by atoms with E-state index in [1.165, 1.54) is 25.6 Å². The Labute approximate surface area is 189 Å². The summed E-state index contributed by atoms with van der Waals surface area (Å²) in [6, 6.07) is 12.2. The molecule has 3 aromatic heterocycles. The average Bonchev–Trinajstić information content (AvgIpc) is 3.38. The van der Waals surface area contributed by atoms with Crippen molar-refractivity contribution in [3.05, 3.63) is 48.9 Å². The zero-order chi connectivity index (χ0) is 22.4. The van der Waals surface area contributed by atoms with Gasteiger partial charge in [0.05, 0.1) is 17.0 Å². The van der Waals surface area contributed by atoms with Crippen LogP contribution in [0.5, 0.6) is 5.75 Å². The summed E-state index contributed by atoms with van der Waals surface area (Å²) in [5.41, 5.74) is 7.32. The van der Waals surface area contributed by atoms with Crippen LogP contribution in [0.25, 0.3) is 21.9 Å². The van der Waals surface area contributed by atoms with Gasteiger partial charge in [-0.15, -0.1) is 0 Å². The van der Waals surface area contributed by atoms with Crippen LogP contribution in [0, 0.1) is 0 Å². The number of halogens is 1. The molecule has 1 saturated heterocycles. The molecule has 1 aliphatic carbocycles. The van der Waals surface area contributed by atoms with Gasteiger partial charge in [0.15, 0.2) is 6.23 Å². The molecule has 8 nitrogen and oxygen atoms in total. The maximum Gasteiger partial charge on any atom is 0.167 e. The predicted molar refractivity (Wildman–Crippen MR) is 124 cm³/mol. The van der Waals surface area contributed by atoms with Crippen molar-refractivity contribution < 1.29 is 13.9 Å². The summed E-state index contributed by atoms with van der Waals surface area (Å²) in [7, 11) is 0. The van der Waals surface area contributed by atoms with E-state index in [2.05, 4.69) is 21.4 Å². The van der Waals surface area contributed by atoms with Crippen molar-refractivity contribution in [2.24, 2.45) is 0 Å². The molecular formula is C24H25FN6O2. The Kier molecular flexibility index (Phi) is 4.98. The lowest BCUT2D eigenvalue weighted by molar-refractivity contribution is -0.0310. The molecule has 3 unspecified atom stereocenters. The first-order valence-electron chi connectivity index (χ1n) is 11.3. The number of nitrogen functional groups attached to an aromatic ring is 1. The molecule has 170 valence electrons. The van der Waals surface area contributed by atoms with Gasteiger partial charge in [-0.1, -0.05) is 0 Å². The van der Waals surface area contributed by atoms with Gasteiger partial charge in [0.2, 0.25) is 0 Å². The van der Waals surface area contributed by atoms with Crippen LogP contribution in [0.1, 0.15) is 31.9 Å². The summed E-state index contributed by atoms with van der Waals surface area (Å²) < 4.78 is 28.5. The number of nitrogens with one attached hydrogen (secondary N) is 1. The highest BCUT2D eigenvalue weighted by Gasteiger charge is 2.37. The number of aromatic nitrogens is 4. The standard InChI is InChI=1S/C24H25FN6O2/c25-19-10-17(33-24(19)31-9-8-18-22(26)27-13-28-23(18)31)12-32-16-6-4-14-5-7-21(30-20(14)11-16)29-15-2-1-3-15/h4-9,11,13,15,17,19,24H,1-3,10,12H2,(H,29,30)(H2,26,27,28). The Morgan fingerprint density at radius 2 is 2.06 bits per heavy atom. The van der Waals surface area contributed by atoms with Gasteiger partial charge in [-0.2, -0.15) is 0 Å². The minimum Gasteiger partial charge on any atom is -0.491 e. The molecule has 1 aromatic carbocycles. The van der Waals surface area contributed by atoms with Gasteiger partial charge in [-0.05, 0) is 49.6 Å². The van der Waals surface area contributed by atoms with Crippen molar-refractivity contribution in [3.63, 3.8) is 0 Å². The van der Waals surface area contributed by atoms with Crippen LogP contribution < -0.4 is 15.8 Å². The minimum absolute atomic E-state index is 0.242. The van der Waals surface area contributed by atoms with Crippen molar-refractivity contribution in [1.29, 1.82) is 0 Å². The van der Waals surface area contributed by atoms with E-state index in [0.29, 0.717) is 28.6 Å². The number of alkyl halides is 1. The quantitative estimate of drug-likeness (QED) is 0.455. The van der Waals surface area contributed by atoms with E-state index in [0.717, 1.165) is 16.7 Å². The zero-order valence-electron chi connectivity index (χ0n) is 18.0. The maximum absolute atomic E-state index is 14.9. The average molecular weight is 449 g/mol. The fourth-order valence-corrected chi connectivity index (χ4v) is 4.47. The lowest BCUT2D eigenvalue weighted by Crippen LogP contribution is -2.27. The predicted octanol–water partition coefficient (Wildman–Crippen LogP) is 4.23. The van der Waals surface area contributed by atoms with E-state index in [9.17, 15) is 4.39 Å². The molecule has 1 aliphatic heterocycles. The number of nitrogens with zero attached hydrogens (tertiary/aromatic N) is 4. The SMILES string of the molecule is Nc1ncnc2c1ccn2C1OC(COc2ccc3ccc(NC4CCC4)nc3c2)CC1F. The lowest BCUT2D eigenvalue weighted by Gasteiger charge is -2.26. The smallest absolute Gasteiger partial charge is 0.167 e. The second kappa shape index (κ2) is 8.15. The van der Waals surface area contributed by atoms with E-state index >= 15 is 0 Å². The van der Waals surface area contributed by atoms with E-state index in [1.54, 1.807) is 16.8 Å². The Bertz CT molecular complexity index is 1310. The Balaban J connectivity index is 1.14. The zero-order valence-corrected chi connectivity index (χ0v) is 18.0. The fraction of sp³-hybridized carbons (Fsp3) is 0.375. The highest BCUT2D eigenvalue weighted by molar-refractivity contribution is 5.86. The summed E-state index contributed by atoms with van der Waals surface area (Å²) in [5, 5.41) is 5.20. The lowest BCUT2D eigenvalue weighted by atomic mass is 9.93. The maximum atomic E-state index is 14.9. The summed E-state index contributed by atoms with van der Waals surface area (Å²) in [6.07, 6.45) is 4.68. The molecular weight excluding hydrogens is 423 g/mol. The van der Waals surface area contributed by atoms with Crippen LogP contribution in [-0.4, -0.2) is 44.4 Å². The largest absolute Gasteiger partial charge is 0.491 e. The molecule has 2 aliphatic rings. The molecule has 9 heteroatoms. The molecule has 0 bridgehead atoms. The number of hydrogen-bond donors (Lipinski definition) is 2. The first-order chi connectivity index (χ1) is 16.1. The summed E-state index contributed by atoms with van der Waals surface area (Å²) in [6.45, 7) is 0.249. The van der Waals surface area contributed by atoms with Gasteiger partial charge in [0, 0.05) is 30.1 Å². The second-order valence-corrected chi connectivity index (χ2v) is 8.75. The van der Waals surface area contributed by atoms with Gasteiger partial charge in [0.25, 0.3) is 0 Å². The van der Waals surface area contributed by atoms with Crippen LogP contribution in [0.2, 0.25) is 0 Å². The van der Waals surface area contributed by atoms with Gasteiger partial charge in [0.1, 0.15) is 42.1 Å². The molecule has 3 atom stereocenters. The summed E-state index contributed by atoms with van der Waals surface area (Å²) in [5.74, 6) is 1.93. The van der Waals surface area contributed by atoms with E-state index in [-0.39, 0.29) is 19.1 Å². The molecule has 33 heavy (non-hydrogen) atoms. The van der Waals surface area contributed by atoms with Crippen molar-refractivity contribution in [1.82, 2.24) is 19.5 Å². The molecule has 4 heterocycles. The Morgan fingerprint density at radius 1 is 1.18 bits per heavy atom. The third-order valence-electron chi connectivity index (χ3n) is 6.50. The number of hydrogen-bond acceptors (Lipinski definition) is 7. The number of anilines is 2. The molecule has 6 rings (SSSR count). The second-order valence-electron chi connectivity index (χ2n) is 8.75. The van der Waals surface area contributed by atoms with Gasteiger partial charge < -0.3 is 25.1 Å². The highest BCUT2D eigenvalue weighted by Crippen LogP contribution is 2.35. The van der Waals surface area contributed by atoms with Crippen molar-refractivity contribution >= 4 is 33.6 Å². The highest BCUT2D eigenvalue weighted by atomic mass is 19.1. The molecule has 0 spiro atoms. The minimum atomic E-state index is -1.18. The van der Waals surface area contributed by atoms with Crippen LogP contribution in [-0.2, 0) is 4.74 Å². The number of rotatable bonds is 6. The van der Waals surface area contributed by atoms with Gasteiger partial charge >= 0.3 is 0 Å². The summed E-state index contributed by atoms with van der Waals surface area (Å²) >= 11 is 0. The van der Waals surface area contributed by atoms with E-state index in [1.807, 2.05) is 24.3 Å². The number of fused-ring (bicyclic) bond motifs is 2. The Morgan fingerprint density at radius 3 is 2.91 bits per heavy atom. The third-order valence-corrected chi connectivity index (χ3v) is 6.50. The first kappa shape index (κ1) is 20.2. The van der Waals surface area contributed by atoms with Crippen molar-refractivity contribution in [2.45, 2.75) is 50.2 Å². The summed E-state index contributed by atoms with van der Waals surface area (Å²) in [4.78, 5) is 12.9. The molecule has 2 fully saturated rings. The monoisotopic (exact) mass is 448 g/mol. The van der Waals surface area contributed by atoms with Crippen molar-refractivity contribution in [2.75, 3.05) is 17.7 Å². The van der Waals surface area contributed by atoms with Gasteiger partial charge in [-0.25, -0.2) is 19.3 Å². The van der Waals surface area contributed by atoms with Gasteiger partial charge in [-0.3, -0.25) is 0 Å². The van der Waals surface area contributed by atoms with Crippen LogP contribution in [0.15, 0.2) is 48.9 Å². The molecule has 0 amide bonds. The molecule has 0 radical (unpaired) electrons. The Hall–Kier alpha value is -3.46. The molecule has 1 saturated carbocycles. The topological polar surface area (TPSA) is 100 Å². The molecule has 3 N–H and O–H groups in total. The number of pyridine rings is 1. The number of nitrogens with two attached hydrogens (primary N) is 1. The van der Waals surface area contributed by atoms with Crippen LogP contribution >= 0.6 is 0 Å².